The molecule has 1 heterocycles. The highest BCUT2D eigenvalue weighted by molar-refractivity contribution is 5.23. The van der Waals surface area contributed by atoms with Gasteiger partial charge < -0.3 is 5.73 Å². The number of anilines is 1. The van der Waals surface area contributed by atoms with Crippen molar-refractivity contribution in [3.05, 3.63) is 20.8 Å². The van der Waals surface area contributed by atoms with E-state index in [1.54, 1.807) is 0 Å². The Kier molecular flexibility index (Phi) is 1.71. The number of hydrogen-bond donors (Lipinski definition) is 2. The number of nitrogen functional groups attached to an aromatic ring is 1. The summed E-state index contributed by atoms with van der Waals surface area (Å²) < 4.78 is 0. The van der Waals surface area contributed by atoms with Crippen LogP contribution >= 0.6 is 0 Å². The van der Waals surface area contributed by atoms with E-state index in [1.165, 1.54) is 0 Å². The number of hydrogen-bond acceptors (Lipinski definition) is 5. The van der Waals surface area contributed by atoms with Gasteiger partial charge >= 0.3 is 0 Å². The second kappa shape index (κ2) is 2.67. The maximum absolute atomic E-state index is 10.7. The molecule has 0 aliphatic carbocycles. The van der Waals surface area contributed by atoms with Crippen LogP contribution in [0.1, 0.15) is 0 Å². The van der Waals surface area contributed by atoms with Crippen LogP contribution in [-0.4, -0.2) is 15.2 Å². The molecule has 0 amide bonds. The summed E-state index contributed by atoms with van der Waals surface area (Å²) in [5, 5.41) is 9.45. The highest BCUT2D eigenvalue weighted by Gasteiger charge is 1.97. The SMILES string of the molecule is [N-]=[N+]=Nc1nnc(N)[nH]c1=O. The van der Waals surface area contributed by atoms with E-state index >= 15 is 0 Å². The second-order valence-electron chi connectivity index (χ2n) is 1.55. The monoisotopic (exact) mass is 153 g/mol. The molecule has 0 aliphatic heterocycles. The fourth-order valence-electron chi connectivity index (χ4n) is 0.452. The molecule has 1 rings (SSSR count). The van der Waals surface area contributed by atoms with Gasteiger partial charge in [-0.25, -0.2) is 0 Å². The van der Waals surface area contributed by atoms with Gasteiger partial charge in [0.15, 0.2) is 0 Å². The van der Waals surface area contributed by atoms with Gasteiger partial charge in [0.2, 0.25) is 11.8 Å². The number of rotatable bonds is 1. The van der Waals surface area contributed by atoms with E-state index in [9.17, 15) is 4.79 Å². The summed E-state index contributed by atoms with van der Waals surface area (Å²) in [5.41, 5.74) is 12.3. The fourth-order valence-corrected chi connectivity index (χ4v) is 0.452. The lowest BCUT2D eigenvalue weighted by Gasteiger charge is -1.88. The standard InChI is InChI=1S/C3H3N7O/c4-3-6-2(11)1(7-9-3)8-10-5/h(H3,4,6,9,11). The van der Waals surface area contributed by atoms with Crippen LogP contribution in [-0.2, 0) is 0 Å². The maximum atomic E-state index is 10.7. The summed E-state index contributed by atoms with van der Waals surface area (Å²) in [6.45, 7) is 0. The molecule has 1 aromatic rings. The first kappa shape index (κ1) is 7.03. The Morgan fingerprint density at radius 1 is 1.64 bits per heavy atom. The van der Waals surface area contributed by atoms with E-state index in [0.717, 1.165) is 0 Å². The Bertz CT molecular complexity index is 360. The van der Waals surface area contributed by atoms with E-state index in [0.29, 0.717) is 0 Å². The predicted octanol–water partition coefficient (Wildman–Crippen LogP) is -0.311. The van der Waals surface area contributed by atoms with Crippen molar-refractivity contribution in [3.8, 4) is 0 Å². The minimum Gasteiger partial charge on any atom is -0.368 e. The van der Waals surface area contributed by atoms with E-state index in [-0.39, 0.29) is 11.8 Å². The molecular weight excluding hydrogens is 150 g/mol. The van der Waals surface area contributed by atoms with Gasteiger partial charge in [0, 0.05) is 4.91 Å². The molecule has 0 saturated carbocycles. The second-order valence-corrected chi connectivity index (χ2v) is 1.55. The smallest absolute Gasteiger partial charge is 0.280 e. The summed E-state index contributed by atoms with van der Waals surface area (Å²) in [6, 6.07) is 0. The maximum Gasteiger partial charge on any atom is 0.280 e. The highest BCUT2D eigenvalue weighted by Crippen LogP contribution is 1.95. The van der Waals surface area contributed by atoms with Gasteiger partial charge in [-0.3, -0.25) is 9.78 Å². The molecule has 0 spiro atoms. The molecule has 11 heavy (non-hydrogen) atoms. The lowest BCUT2D eigenvalue weighted by atomic mass is 10.7. The molecule has 0 saturated heterocycles. The van der Waals surface area contributed by atoms with Crippen molar-refractivity contribution in [2.45, 2.75) is 0 Å². The molecule has 0 unspecified atom stereocenters. The summed E-state index contributed by atoms with van der Waals surface area (Å²) in [7, 11) is 0. The van der Waals surface area contributed by atoms with Crippen LogP contribution in [0.2, 0.25) is 0 Å². The van der Waals surface area contributed by atoms with Gasteiger partial charge in [0.1, 0.15) is 0 Å². The molecule has 1 aromatic heterocycles. The lowest BCUT2D eigenvalue weighted by Crippen LogP contribution is -2.11. The molecular formula is C3H3N7O. The lowest BCUT2D eigenvalue weighted by molar-refractivity contribution is 0.953. The van der Waals surface area contributed by atoms with Crippen molar-refractivity contribution in [3.63, 3.8) is 0 Å². The van der Waals surface area contributed by atoms with E-state index in [1.807, 2.05) is 0 Å². The molecule has 3 N–H and O–H groups in total. The number of aromatic nitrogens is 3. The molecule has 56 valence electrons. The third kappa shape index (κ3) is 1.43. The number of H-pyrrole nitrogens is 1. The summed E-state index contributed by atoms with van der Waals surface area (Å²) >= 11 is 0. The van der Waals surface area contributed by atoms with Crippen LogP contribution < -0.4 is 11.3 Å². The van der Waals surface area contributed by atoms with Crippen LogP contribution in [0.25, 0.3) is 10.4 Å². The zero-order valence-corrected chi connectivity index (χ0v) is 5.22. The van der Waals surface area contributed by atoms with Crippen molar-refractivity contribution in [1.82, 2.24) is 15.2 Å². The first-order chi connectivity index (χ1) is 5.24. The van der Waals surface area contributed by atoms with Gasteiger partial charge in [-0.1, -0.05) is 0 Å². The van der Waals surface area contributed by atoms with E-state index < -0.39 is 5.56 Å². The van der Waals surface area contributed by atoms with Crippen LogP contribution in [0, 0.1) is 0 Å². The first-order valence-electron chi connectivity index (χ1n) is 2.51. The molecule has 0 atom stereocenters. The van der Waals surface area contributed by atoms with Crippen molar-refractivity contribution in [2.75, 3.05) is 5.73 Å². The number of azide groups is 1. The fraction of sp³-hybridized carbons (Fsp3) is 0. The van der Waals surface area contributed by atoms with Crippen LogP contribution in [0.5, 0.6) is 0 Å². The average molecular weight is 153 g/mol. The van der Waals surface area contributed by atoms with Gasteiger partial charge in [0.05, 0.1) is 0 Å². The van der Waals surface area contributed by atoms with Crippen LogP contribution in [0.4, 0.5) is 11.8 Å². The predicted molar refractivity (Wildman–Crippen MR) is 35.9 cm³/mol. The Morgan fingerprint density at radius 3 is 2.91 bits per heavy atom. The third-order valence-corrected chi connectivity index (χ3v) is 0.837. The van der Waals surface area contributed by atoms with Crippen molar-refractivity contribution >= 4 is 11.8 Å². The minimum atomic E-state index is -0.657. The Morgan fingerprint density at radius 2 is 2.36 bits per heavy atom. The third-order valence-electron chi connectivity index (χ3n) is 0.837. The van der Waals surface area contributed by atoms with Gasteiger partial charge in [0.25, 0.3) is 5.56 Å². The quantitative estimate of drug-likeness (QED) is 0.325. The summed E-state index contributed by atoms with van der Waals surface area (Å²) in [4.78, 5) is 15.2. The minimum absolute atomic E-state index is 0.119. The zero-order chi connectivity index (χ0) is 8.27. The largest absolute Gasteiger partial charge is 0.368 e. The number of nitrogens with one attached hydrogen (secondary N) is 1. The number of aromatic amines is 1. The molecule has 0 aromatic carbocycles. The molecule has 8 nitrogen and oxygen atoms in total. The van der Waals surface area contributed by atoms with Crippen molar-refractivity contribution in [1.29, 1.82) is 0 Å². The topological polar surface area (TPSA) is 133 Å². The van der Waals surface area contributed by atoms with Crippen LogP contribution in [0.15, 0.2) is 9.91 Å². The molecule has 8 heteroatoms. The van der Waals surface area contributed by atoms with Crippen molar-refractivity contribution in [2.24, 2.45) is 5.11 Å². The molecule has 0 bridgehead atoms. The Labute approximate surface area is 59.7 Å². The van der Waals surface area contributed by atoms with Gasteiger partial charge in [-0.15, -0.1) is 10.2 Å². The highest BCUT2D eigenvalue weighted by atomic mass is 16.1. The number of nitrogens with two attached hydrogens (primary N) is 1. The van der Waals surface area contributed by atoms with E-state index in [2.05, 4.69) is 25.2 Å². The molecule has 0 radical (unpaired) electrons. The number of nitrogens with zero attached hydrogens (tertiary/aromatic N) is 5. The Hall–Kier alpha value is -2.08. The van der Waals surface area contributed by atoms with Gasteiger partial charge in [-0.05, 0) is 10.6 Å². The van der Waals surface area contributed by atoms with Gasteiger partial charge in [-0.2, -0.15) is 0 Å². The zero-order valence-electron chi connectivity index (χ0n) is 5.22. The Balaban J connectivity index is 3.31. The van der Waals surface area contributed by atoms with Crippen LogP contribution in [0.3, 0.4) is 0 Å². The van der Waals surface area contributed by atoms with E-state index in [4.69, 9.17) is 11.3 Å². The first-order valence-corrected chi connectivity index (χ1v) is 2.51. The summed E-state index contributed by atoms with van der Waals surface area (Å²) in [5.74, 6) is -0.464. The van der Waals surface area contributed by atoms with Crippen molar-refractivity contribution < 1.29 is 0 Å². The normalized spacial score (nSPS) is 8.73. The average Bonchev–Trinajstić information content (AvgIpc) is 1.95. The molecule has 0 aliphatic rings. The molecule has 0 fully saturated rings. The summed E-state index contributed by atoms with van der Waals surface area (Å²) in [6.07, 6.45) is 0.